The number of likely N-dealkylation sites (N-methyl/N-ethyl adjacent to an activating group) is 1. The van der Waals surface area contributed by atoms with E-state index in [1.54, 1.807) is 0 Å². The molecule has 0 aliphatic carbocycles. The Morgan fingerprint density at radius 1 is 1.25 bits per heavy atom. The lowest BCUT2D eigenvalue weighted by Crippen LogP contribution is -2.41. The van der Waals surface area contributed by atoms with Crippen molar-refractivity contribution >= 4 is 0 Å². The molecule has 2 aliphatic rings. The summed E-state index contributed by atoms with van der Waals surface area (Å²) < 4.78 is 0. The van der Waals surface area contributed by atoms with Crippen molar-refractivity contribution in [3.8, 4) is 0 Å². The molecule has 0 spiro atoms. The summed E-state index contributed by atoms with van der Waals surface area (Å²) in [6, 6.07) is 0.777. The van der Waals surface area contributed by atoms with Crippen molar-refractivity contribution in [2.24, 2.45) is 11.8 Å². The van der Waals surface area contributed by atoms with Crippen LogP contribution in [0.25, 0.3) is 0 Å². The maximum Gasteiger partial charge on any atom is 0.0220 e. The predicted octanol–water partition coefficient (Wildman–Crippen LogP) is 2.43. The Labute approximate surface area is 126 Å². The van der Waals surface area contributed by atoms with Crippen LogP contribution in [0.5, 0.6) is 0 Å². The molecule has 2 saturated heterocycles. The fraction of sp³-hybridized carbons (Fsp3) is 1.00. The zero-order valence-corrected chi connectivity index (χ0v) is 13.9. The third kappa shape index (κ3) is 4.71. The lowest BCUT2D eigenvalue weighted by atomic mass is 9.85. The van der Waals surface area contributed by atoms with Crippen LogP contribution in [-0.2, 0) is 0 Å². The summed E-state index contributed by atoms with van der Waals surface area (Å²) in [6.45, 7) is 12.5. The summed E-state index contributed by atoms with van der Waals surface area (Å²) >= 11 is 0. The van der Waals surface area contributed by atoms with Crippen LogP contribution in [0, 0.1) is 11.8 Å². The van der Waals surface area contributed by atoms with E-state index < -0.39 is 0 Å². The van der Waals surface area contributed by atoms with Crippen LogP contribution in [0.15, 0.2) is 0 Å². The molecule has 2 heterocycles. The van der Waals surface area contributed by atoms with Gasteiger partial charge in [0.05, 0.1) is 0 Å². The zero-order valence-electron chi connectivity index (χ0n) is 13.9. The van der Waals surface area contributed by atoms with Gasteiger partial charge in [-0.1, -0.05) is 13.8 Å². The molecular weight excluding hydrogens is 246 g/mol. The fourth-order valence-corrected chi connectivity index (χ4v) is 3.94. The van der Waals surface area contributed by atoms with Crippen LogP contribution in [0.3, 0.4) is 0 Å². The molecule has 0 saturated carbocycles. The highest BCUT2D eigenvalue weighted by atomic mass is 15.2. The van der Waals surface area contributed by atoms with Crippen molar-refractivity contribution in [2.45, 2.75) is 52.0 Å². The predicted molar refractivity (Wildman–Crippen MR) is 87.1 cm³/mol. The number of piperidine rings is 1. The third-order valence-electron chi connectivity index (χ3n) is 5.51. The molecule has 0 aromatic carbocycles. The summed E-state index contributed by atoms with van der Waals surface area (Å²) in [6.07, 6.45) is 6.83. The van der Waals surface area contributed by atoms with Crippen LogP contribution in [-0.4, -0.2) is 62.2 Å². The standard InChI is InChI=1S/C17H35N3/c1-4-17-14-19(3)10-6-11-20(17)12-8-15(2)16-7-5-9-18-13-16/h15-18H,4-14H2,1-3H3. The maximum absolute atomic E-state index is 3.57. The third-order valence-corrected chi connectivity index (χ3v) is 5.51. The van der Waals surface area contributed by atoms with Crippen molar-refractivity contribution in [1.29, 1.82) is 0 Å². The molecule has 3 atom stereocenters. The normalized spacial score (nSPS) is 31.9. The molecule has 2 fully saturated rings. The number of nitrogens with zero attached hydrogens (tertiary/aromatic N) is 2. The SMILES string of the molecule is CCC1CN(C)CCCN1CCC(C)C1CCCNC1. The second-order valence-corrected chi connectivity index (χ2v) is 7.09. The second-order valence-electron chi connectivity index (χ2n) is 7.09. The summed E-state index contributed by atoms with van der Waals surface area (Å²) in [5.74, 6) is 1.79. The molecule has 0 radical (unpaired) electrons. The van der Waals surface area contributed by atoms with E-state index in [1.807, 2.05) is 0 Å². The van der Waals surface area contributed by atoms with Gasteiger partial charge in [0.2, 0.25) is 0 Å². The van der Waals surface area contributed by atoms with E-state index in [1.165, 1.54) is 71.4 Å². The molecule has 1 N–H and O–H groups in total. The Morgan fingerprint density at radius 2 is 2.10 bits per heavy atom. The quantitative estimate of drug-likeness (QED) is 0.835. The lowest BCUT2D eigenvalue weighted by molar-refractivity contribution is 0.159. The molecular formula is C17H35N3. The largest absolute Gasteiger partial charge is 0.316 e. The van der Waals surface area contributed by atoms with Gasteiger partial charge in [0, 0.05) is 12.6 Å². The number of hydrogen-bond acceptors (Lipinski definition) is 3. The van der Waals surface area contributed by atoms with Gasteiger partial charge in [-0.15, -0.1) is 0 Å². The molecule has 2 aliphatic heterocycles. The monoisotopic (exact) mass is 281 g/mol. The molecule has 0 bridgehead atoms. The minimum Gasteiger partial charge on any atom is -0.316 e. The Hall–Kier alpha value is -0.120. The van der Waals surface area contributed by atoms with Gasteiger partial charge in [-0.3, -0.25) is 4.90 Å². The zero-order chi connectivity index (χ0) is 14.4. The van der Waals surface area contributed by atoms with Gasteiger partial charge in [-0.05, 0) is 83.7 Å². The van der Waals surface area contributed by atoms with Crippen LogP contribution in [0.4, 0.5) is 0 Å². The van der Waals surface area contributed by atoms with E-state index in [9.17, 15) is 0 Å². The molecule has 0 amide bonds. The van der Waals surface area contributed by atoms with E-state index in [0.717, 1.165) is 17.9 Å². The summed E-state index contributed by atoms with van der Waals surface area (Å²) in [4.78, 5) is 5.29. The van der Waals surface area contributed by atoms with Gasteiger partial charge in [0.15, 0.2) is 0 Å². The van der Waals surface area contributed by atoms with E-state index in [2.05, 4.69) is 36.0 Å². The number of rotatable bonds is 5. The van der Waals surface area contributed by atoms with Crippen molar-refractivity contribution in [3.63, 3.8) is 0 Å². The van der Waals surface area contributed by atoms with Crippen molar-refractivity contribution in [2.75, 3.05) is 46.3 Å². The van der Waals surface area contributed by atoms with Gasteiger partial charge >= 0.3 is 0 Å². The lowest BCUT2D eigenvalue weighted by Gasteiger charge is -2.33. The molecule has 20 heavy (non-hydrogen) atoms. The Balaban J connectivity index is 1.78. The topological polar surface area (TPSA) is 18.5 Å². The maximum atomic E-state index is 3.57. The van der Waals surface area contributed by atoms with Crippen LogP contribution in [0.2, 0.25) is 0 Å². The van der Waals surface area contributed by atoms with Crippen molar-refractivity contribution in [1.82, 2.24) is 15.1 Å². The van der Waals surface area contributed by atoms with Gasteiger partial charge in [0.1, 0.15) is 0 Å². The summed E-state index contributed by atoms with van der Waals surface area (Å²) in [5, 5.41) is 3.57. The van der Waals surface area contributed by atoms with Crippen LogP contribution < -0.4 is 5.32 Å². The number of hydrogen-bond donors (Lipinski definition) is 1. The summed E-state index contributed by atoms with van der Waals surface area (Å²) in [5.41, 5.74) is 0. The first kappa shape index (κ1) is 16.3. The molecule has 3 nitrogen and oxygen atoms in total. The van der Waals surface area contributed by atoms with Crippen molar-refractivity contribution in [3.05, 3.63) is 0 Å². The van der Waals surface area contributed by atoms with E-state index in [4.69, 9.17) is 0 Å². The van der Waals surface area contributed by atoms with Gasteiger partial charge in [0.25, 0.3) is 0 Å². The van der Waals surface area contributed by atoms with Crippen LogP contribution >= 0.6 is 0 Å². The smallest absolute Gasteiger partial charge is 0.0220 e. The Kier molecular flexibility index (Phi) is 6.79. The average molecular weight is 281 g/mol. The van der Waals surface area contributed by atoms with E-state index >= 15 is 0 Å². The van der Waals surface area contributed by atoms with E-state index in [-0.39, 0.29) is 0 Å². The van der Waals surface area contributed by atoms with Gasteiger partial charge < -0.3 is 10.2 Å². The summed E-state index contributed by atoms with van der Waals surface area (Å²) in [7, 11) is 2.28. The molecule has 0 aromatic heterocycles. The highest BCUT2D eigenvalue weighted by Gasteiger charge is 2.24. The molecule has 0 aromatic rings. The van der Waals surface area contributed by atoms with Gasteiger partial charge in [-0.2, -0.15) is 0 Å². The Bertz CT molecular complexity index is 263. The first-order chi connectivity index (χ1) is 9.70. The average Bonchev–Trinajstić information content (AvgIpc) is 2.66. The van der Waals surface area contributed by atoms with Gasteiger partial charge in [-0.25, -0.2) is 0 Å². The highest BCUT2D eigenvalue weighted by molar-refractivity contribution is 4.80. The minimum absolute atomic E-state index is 0.777. The molecule has 3 unspecified atom stereocenters. The molecule has 118 valence electrons. The Morgan fingerprint density at radius 3 is 2.80 bits per heavy atom. The second kappa shape index (κ2) is 8.35. The van der Waals surface area contributed by atoms with E-state index in [0.29, 0.717) is 0 Å². The molecule has 3 heteroatoms. The first-order valence-corrected chi connectivity index (χ1v) is 8.84. The molecule has 2 rings (SSSR count). The fourth-order valence-electron chi connectivity index (χ4n) is 3.94. The minimum atomic E-state index is 0.777. The first-order valence-electron chi connectivity index (χ1n) is 8.84. The highest BCUT2D eigenvalue weighted by Crippen LogP contribution is 2.23. The number of nitrogens with one attached hydrogen (secondary N) is 1. The van der Waals surface area contributed by atoms with Crippen LogP contribution in [0.1, 0.15) is 46.0 Å². The van der Waals surface area contributed by atoms with Crippen molar-refractivity contribution < 1.29 is 0 Å².